The Morgan fingerprint density at radius 1 is 1.25 bits per heavy atom. The third-order valence-electron chi connectivity index (χ3n) is 2.45. The molecule has 0 fully saturated rings. The highest BCUT2D eigenvalue weighted by Crippen LogP contribution is 2.06. The second-order valence-corrected chi connectivity index (χ2v) is 4.00. The van der Waals surface area contributed by atoms with Gasteiger partial charge in [-0.1, -0.05) is 37.3 Å². The Labute approximate surface area is 99.1 Å². The lowest BCUT2D eigenvalue weighted by atomic mass is 10.1. The molecule has 86 valence electrons. The van der Waals surface area contributed by atoms with Gasteiger partial charge in [-0.25, -0.2) is 0 Å². The van der Waals surface area contributed by atoms with E-state index in [2.05, 4.69) is 43.0 Å². The smallest absolute Gasteiger partial charge is 0.0247 e. The third kappa shape index (κ3) is 5.00. The summed E-state index contributed by atoms with van der Waals surface area (Å²) in [6.07, 6.45) is 5.47. The van der Waals surface area contributed by atoms with Crippen molar-refractivity contribution in [1.82, 2.24) is 0 Å². The molecule has 0 saturated heterocycles. The van der Waals surface area contributed by atoms with Gasteiger partial charge in [-0.05, 0) is 43.5 Å². The van der Waals surface area contributed by atoms with Crippen molar-refractivity contribution in [3.63, 3.8) is 0 Å². The molecule has 0 atom stereocenters. The molecule has 0 amide bonds. The van der Waals surface area contributed by atoms with Crippen LogP contribution in [0.3, 0.4) is 0 Å². The maximum Gasteiger partial charge on any atom is 0.0247 e. The van der Waals surface area contributed by atoms with Gasteiger partial charge in [-0.2, -0.15) is 0 Å². The van der Waals surface area contributed by atoms with Crippen LogP contribution in [0.2, 0.25) is 0 Å². The van der Waals surface area contributed by atoms with Gasteiger partial charge in [0.25, 0.3) is 0 Å². The second kappa shape index (κ2) is 7.96. The van der Waals surface area contributed by atoms with Crippen LogP contribution in [0.5, 0.6) is 0 Å². The van der Waals surface area contributed by atoms with Gasteiger partial charge in [0.2, 0.25) is 0 Å². The third-order valence-corrected chi connectivity index (χ3v) is 2.45. The number of hydrogen-bond acceptors (Lipinski definition) is 1. The molecule has 16 heavy (non-hydrogen) atoms. The van der Waals surface area contributed by atoms with Crippen LogP contribution in [-0.4, -0.2) is 6.54 Å². The minimum absolute atomic E-state index is 0.771. The molecular formula is C15H21N. The number of aryl methyl sites for hydroxylation is 1. The van der Waals surface area contributed by atoms with E-state index in [1.54, 1.807) is 0 Å². The first-order valence-electron chi connectivity index (χ1n) is 6.14. The Balaban J connectivity index is 2.49. The molecule has 1 nitrogen and oxygen atoms in total. The van der Waals surface area contributed by atoms with Crippen molar-refractivity contribution < 1.29 is 0 Å². The van der Waals surface area contributed by atoms with Crippen LogP contribution in [0.15, 0.2) is 24.3 Å². The summed E-state index contributed by atoms with van der Waals surface area (Å²) in [5.41, 5.74) is 7.95. The summed E-state index contributed by atoms with van der Waals surface area (Å²) in [6.45, 7) is 2.97. The number of rotatable bonds is 5. The SMILES string of the molecule is CCCc1cccc(C#CCCCCN)c1. The van der Waals surface area contributed by atoms with E-state index in [9.17, 15) is 0 Å². The van der Waals surface area contributed by atoms with Crippen molar-refractivity contribution in [3.05, 3.63) is 35.4 Å². The van der Waals surface area contributed by atoms with Gasteiger partial charge in [-0.15, -0.1) is 0 Å². The summed E-state index contributed by atoms with van der Waals surface area (Å²) in [5, 5.41) is 0. The first-order chi connectivity index (χ1) is 7.86. The molecule has 1 rings (SSSR count). The predicted octanol–water partition coefficient (Wildman–Crippen LogP) is 3.12. The fourth-order valence-electron chi connectivity index (χ4n) is 1.62. The summed E-state index contributed by atoms with van der Waals surface area (Å²) in [7, 11) is 0. The number of benzene rings is 1. The van der Waals surface area contributed by atoms with Crippen LogP contribution in [-0.2, 0) is 6.42 Å². The van der Waals surface area contributed by atoms with Gasteiger partial charge < -0.3 is 5.73 Å². The van der Waals surface area contributed by atoms with E-state index in [4.69, 9.17) is 5.73 Å². The molecular weight excluding hydrogens is 194 g/mol. The quantitative estimate of drug-likeness (QED) is 0.592. The highest BCUT2D eigenvalue weighted by atomic mass is 14.5. The van der Waals surface area contributed by atoms with Crippen LogP contribution in [0.4, 0.5) is 0 Å². The van der Waals surface area contributed by atoms with E-state index in [1.165, 1.54) is 12.0 Å². The normalized spacial score (nSPS) is 9.62. The Bertz CT molecular complexity index is 357. The fourth-order valence-corrected chi connectivity index (χ4v) is 1.62. The molecule has 0 bridgehead atoms. The van der Waals surface area contributed by atoms with Crippen LogP contribution in [0, 0.1) is 11.8 Å². The lowest BCUT2D eigenvalue weighted by Crippen LogP contribution is -1.96. The molecule has 1 heteroatoms. The summed E-state index contributed by atoms with van der Waals surface area (Å²) in [6, 6.07) is 8.53. The van der Waals surface area contributed by atoms with Crippen molar-refractivity contribution in [2.24, 2.45) is 5.73 Å². The summed E-state index contributed by atoms with van der Waals surface area (Å²) in [5.74, 6) is 6.41. The van der Waals surface area contributed by atoms with Crippen molar-refractivity contribution >= 4 is 0 Å². The highest BCUT2D eigenvalue weighted by Gasteiger charge is 1.91. The molecule has 1 aromatic rings. The molecule has 0 aliphatic carbocycles. The summed E-state index contributed by atoms with van der Waals surface area (Å²) < 4.78 is 0. The topological polar surface area (TPSA) is 26.0 Å². The van der Waals surface area contributed by atoms with E-state index in [-0.39, 0.29) is 0 Å². The molecule has 0 radical (unpaired) electrons. The monoisotopic (exact) mass is 215 g/mol. The molecule has 0 aliphatic heterocycles. The van der Waals surface area contributed by atoms with Gasteiger partial charge in [0.1, 0.15) is 0 Å². The van der Waals surface area contributed by atoms with Crippen LogP contribution in [0.25, 0.3) is 0 Å². The Morgan fingerprint density at radius 3 is 2.88 bits per heavy atom. The van der Waals surface area contributed by atoms with Gasteiger partial charge in [0.15, 0.2) is 0 Å². The van der Waals surface area contributed by atoms with Crippen LogP contribution >= 0.6 is 0 Å². The molecule has 0 spiro atoms. The first kappa shape index (κ1) is 12.8. The van der Waals surface area contributed by atoms with Crippen molar-refractivity contribution in [2.75, 3.05) is 6.54 Å². The second-order valence-electron chi connectivity index (χ2n) is 4.00. The van der Waals surface area contributed by atoms with Gasteiger partial charge >= 0.3 is 0 Å². The van der Waals surface area contributed by atoms with E-state index in [0.717, 1.165) is 37.8 Å². The number of unbranched alkanes of at least 4 members (excludes halogenated alkanes) is 2. The molecule has 0 heterocycles. The molecule has 0 saturated carbocycles. The minimum atomic E-state index is 0.771. The maximum absolute atomic E-state index is 5.43. The van der Waals surface area contributed by atoms with E-state index < -0.39 is 0 Å². The van der Waals surface area contributed by atoms with Crippen molar-refractivity contribution in [2.45, 2.75) is 39.0 Å². The summed E-state index contributed by atoms with van der Waals surface area (Å²) >= 11 is 0. The minimum Gasteiger partial charge on any atom is -0.330 e. The molecule has 0 aromatic heterocycles. The highest BCUT2D eigenvalue weighted by molar-refractivity contribution is 5.37. The number of hydrogen-bond donors (Lipinski definition) is 1. The fraction of sp³-hybridized carbons (Fsp3) is 0.467. The zero-order chi connectivity index (χ0) is 11.6. The zero-order valence-electron chi connectivity index (χ0n) is 10.1. The Hall–Kier alpha value is -1.26. The van der Waals surface area contributed by atoms with Crippen LogP contribution < -0.4 is 5.73 Å². The Morgan fingerprint density at radius 2 is 2.12 bits per heavy atom. The first-order valence-corrected chi connectivity index (χ1v) is 6.14. The van der Waals surface area contributed by atoms with Crippen molar-refractivity contribution in [1.29, 1.82) is 0 Å². The molecule has 0 unspecified atom stereocenters. The molecule has 0 aliphatic rings. The zero-order valence-corrected chi connectivity index (χ0v) is 10.1. The maximum atomic E-state index is 5.43. The van der Waals surface area contributed by atoms with E-state index >= 15 is 0 Å². The van der Waals surface area contributed by atoms with Gasteiger partial charge in [-0.3, -0.25) is 0 Å². The molecule has 1 aromatic carbocycles. The molecule has 2 N–H and O–H groups in total. The van der Waals surface area contributed by atoms with Gasteiger partial charge in [0, 0.05) is 12.0 Å². The average molecular weight is 215 g/mol. The lowest BCUT2D eigenvalue weighted by Gasteiger charge is -1.98. The average Bonchev–Trinajstić information content (AvgIpc) is 2.30. The van der Waals surface area contributed by atoms with E-state index in [1.807, 2.05) is 0 Å². The van der Waals surface area contributed by atoms with Gasteiger partial charge in [0.05, 0.1) is 0 Å². The lowest BCUT2D eigenvalue weighted by molar-refractivity contribution is 0.768. The van der Waals surface area contributed by atoms with Crippen LogP contribution in [0.1, 0.15) is 43.7 Å². The standard InChI is InChI=1S/C15H21N/c1-2-8-14-10-7-11-15(13-14)9-5-3-4-6-12-16/h7,10-11,13H,2-4,6,8,12,16H2,1H3. The summed E-state index contributed by atoms with van der Waals surface area (Å²) in [4.78, 5) is 0. The van der Waals surface area contributed by atoms with Crippen molar-refractivity contribution in [3.8, 4) is 11.8 Å². The largest absolute Gasteiger partial charge is 0.330 e. The Kier molecular flexibility index (Phi) is 6.37. The predicted molar refractivity (Wildman–Crippen MR) is 70.2 cm³/mol. The van der Waals surface area contributed by atoms with E-state index in [0.29, 0.717) is 0 Å². The number of nitrogens with two attached hydrogens (primary N) is 1.